The van der Waals surface area contributed by atoms with Gasteiger partial charge in [0.1, 0.15) is 5.82 Å². The number of hydrogen-bond acceptors (Lipinski definition) is 1. The number of halogens is 1. The highest BCUT2D eigenvalue weighted by molar-refractivity contribution is 6.00. The van der Waals surface area contributed by atoms with Gasteiger partial charge in [-0.05, 0) is 30.5 Å². The molecule has 0 saturated carbocycles. The van der Waals surface area contributed by atoms with Gasteiger partial charge in [0.15, 0.2) is 6.29 Å². The van der Waals surface area contributed by atoms with Crippen LogP contribution in [-0.2, 0) is 6.54 Å². The predicted octanol–water partition coefficient (Wildman–Crippen LogP) is 3.10. The van der Waals surface area contributed by atoms with Gasteiger partial charge in [-0.2, -0.15) is 0 Å². The summed E-state index contributed by atoms with van der Waals surface area (Å²) >= 11 is 0. The molecule has 0 fully saturated rings. The van der Waals surface area contributed by atoms with Crippen molar-refractivity contribution in [2.45, 2.75) is 25.8 Å². The number of nitrogens with zero attached hydrogens (tertiary/aromatic N) is 1. The van der Waals surface area contributed by atoms with Crippen molar-refractivity contribution in [2.75, 3.05) is 0 Å². The molecule has 0 radical (unpaired) electrons. The molecular formula is C13H12FNO. The fraction of sp³-hybridized carbons (Fsp3) is 0.308. The summed E-state index contributed by atoms with van der Waals surface area (Å²) in [4.78, 5) is 11.2. The fourth-order valence-electron chi connectivity index (χ4n) is 2.72. The van der Waals surface area contributed by atoms with E-state index in [0.29, 0.717) is 5.92 Å². The molecule has 0 bridgehead atoms. The highest BCUT2D eigenvalue weighted by Crippen LogP contribution is 2.37. The standard InChI is InChI=1S/C13H12FNO/c1-8-4-5-15-12-6-9(14)2-3-10(12)11(7-16)13(8)15/h2-3,6-8H,4-5H2,1H3. The molecule has 1 aromatic heterocycles. The molecule has 0 saturated heterocycles. The van der Waals surface area contributed by atoms with Crippen LogP contribution < -0.4 is 0 Å². The predicted molar refractivity (Wildman–Crippen MR) is 60.3 cm³/mol. The number of carbonyl (C=O) groups excluding carboxylic acids is 1. The monoisotopic (exact) mass is 217 g/mol. The largest absolute Gasteiger partial charge is 0.343 e. The average molecular weight is 217 g/mol. The first kappa shape index (κ1) is 9.58. The summed E-state index contributed by atoms with van der Waals surface area (Å²) in [6.45, 7) is 2.99. The van der Waals surface area contributed by atoms with Crippen LogP contribution in [0.15, 0.2) is 18.2 Å². The molecule has 2 nitrogen and oxygen atoms in total. The number of hydrogen-bond donors (Lipinski definition) is 0. The van der Waals surface area contributed by atoms with E-state index in [1.165, 1.54) is 12.1 Å². The lowest BCUT2D eigenvalue weighted by atomic mass is 10.0. The van der Waals surface area contributed by atoms with E-state index >= 15 is 0 Å². The second kappa shape index (κ2) is 3.17. The zero-order valence-electron chi connectivity index (χ0n) is 9.03. The van der Waals surface area contributed by atoms with Gasteiger partial charge in [-0.1, -0.05) is 6.92 Å². The fourth-order valence-corrected chi connectivity index (χ4v) is 2.72. The maximum Gasteiger partial charge on any atom is 0.152 e. The highest BCUT2D eigenvalue weighted by atomic mass is 19.1. The first-order valence-electron chi connectivity index (χ1n) is 5.49. The third kappa shape index (κ3) is 1.08. The SMILES string of the molecule is CC1CCn2c1c(C=O)c1ccc(F)cc12. The van der Waals surface area contributed by atoms with Crippen LogP contribution >= 0.6 is 0 Å². The molecule has 0 aliphatic carbocycles. The van der Waals surface area contributed by atoms with Crippen LogP contribution in [0, 0.1) is 5.82 Å². The quantitative estimate of drug-likeness (QED) is 0.673. The summed E-state index contributed by atoms with van der Waals surface area (Å²) in [5.74, 6) is 0.139. The van der Waals surface area contributed by atoms with Crippen LogP contribution in [0.2, 0.25) is 0 Å². The van der Waals surface area contributed by atoms with Gasteiger partial charge in [0.05, 0.1) is 5.52 Å². The molecule has 16 heavy (non-hydrogen) atoms. The first-order chi connectivity index (χ1) is 7.72. The minimum absolute atomic E-state index is 0.246. The summed E-state index contributed by atoms with van der Waals surface area (Å²) in [6.07, 6.45) is 1.93. The lowest BCUT2D eigenvalue weighted by molar-refractivity contribution is 0.112. The van der Waals surface area contributed by atoms with Crippen molar-refractivity contribution in [2.24, 2.45) is 0 Å². The summed E-state index contributed by atoms with van der Waals surface area (Å²) in [6, 6.07) is 4.63. The lowest BCUT2D eigenvalue weighted by Gasteiger charge is -2.01. The molecule has 1 atom stereocenters. The van der Waals surface area contributed by atoms with Gasteiger partial charge in [-0.25, -0.2) is 4.39 Å². The molecule has 1 aromatic carbocycles. The van der Waals surface area contributed by atoms with Crippen molar-refractivity contribution in [3.05, 3.63) is 35.3 Å². The number of benzene rings is 1. The highest BCUT2D eigenvalue weighted by Gasteiger charge is 2.26. The number of aromatic nitrogens is 1. The smallest absolute Gasteiger partial charge is 0.152 e. The van der Waals surface area contributed by atoms with Crippen LogP contribution in [0.4, 0.5) is 4.39 Å². The van der Waals surface area contributed by atoms with Crippen molar-refractivity contribution in [1.82, 2.24) is 4.57 Å². The van der Waals surface area contributed by atoms with Crippen LogP contribution in [-0.4, -0.2) is 10.9 Å². The molecule has 0 spiro atoms. The Morgan fingerprint density at radius 2 is 2.31 bits per heavy atom. The van der Waals surface area contributed by atoms with Gasteiger partial charge in [0, 0.05) is 23.2 Å². The molecule has 2 aromatic rings. The Hall–Kier alpha value is -1.64. The zero-order valence-corrected chi connectivity index (χ0v) is 9.03. The molecule has 2 heterocycles. The van der Waals surface area contributed by atoms with E-state index in [1.54, 1.807) is 6.07 Å². The summed E-state index contributed by atoms with van der Waals surface area (Å²) < 4.78 is 15.3. The maximum atomic E-state index is 13.2. The van der Waals surface area contributed by atoms with E-state index < -0.39 is 0 Å². The first-order valence-corrected chi connectivity index (χ1v) is 5.49. The Balaban J connectivity index is 2.45. The molecule has 1 unspecified atom stereocenters. The van der Waals surface area contributed by atoms with Gasteiger partial charge in [-0.15, -0.1) is 0 Å². The van der Waals surface area contributed by atoms with Crippen LogP contribution in [0.1, 0.15) is 35.3 Å². The van der Waals surface area contributed by atoms with Crippen molar-refractivity contribution in [3.63, 3.8) is 0 Å². The van der Waals surface area contributed by atoms with E-state index in [-0.39, 0.29) is 5.82 Å². The molecule has 82 valence electrons. The van der Waals surface area contributed by atoms with Gasteiger partial charge in [0.2, 0.25) is 0 Å². The van der Waals surface area contributed by atoms with Crippen molar-refractivity contribution in [1.29, 1.82) is 0 Å². The Morgan fingerprint density at radius 1 is 1.50 bits per heavy atom. The van der Waals surface area contributed by atoms with E-state index in [9.17, 15) is 9.18 Å². The molecule has 1 aliphatic rings. The Labute approximate surface area is 92.7 Å². The van der Waals surface area contributed by atoms with E-state index in [4.69, 9.17) is 0 Å². The van der Waals surface area contributed by atoms with Crippen molar-refractivity contribution in [3.8, 4) is 0 Å². The molecule has 3 heteroatoms. The van der Waals surface area contributed by atoms with E-state index in [0.717, 1.165) is 41.4 Å². The Kier molecular flexibility index (Phi) is 1.90. The third-order valence-corrected chi connectivity index (χ3v) is 3.48. The minimum atomic E-state index is -0.246. The number of fused-ring (bicyclic) bond motifs is 3. The van der Waals surface area contributed by atoms with Crippen LogP contribution in [0.25, 0.3) is 10.9 Å². The maximum absolute atomic E-state index is 13.2. The van der Waals surface area contributed by atoms with Crippen molar-refractivity contribution < 1.29 is 9.18 Å². The molecule has 3 rings (SSSR count). The van der Waals surface area contributed by atoms with E-state index in [1.807, 2.05) is 0 Å². The third-order valence-electron chi connectivity index (χ3n) is 3.48. The minimum Gasteiger partial charge on any atom is -0.343 e. The van der Waals surface area contributed by atoms with Gasteiger partial charge in [-0.3, -0.25) is 4.79 Å². The molecule has 1 aliphatic heterocycles. The number of carbonyl (C=O) groups is 1. The topological polar surface area (TPSA) is 22.0 Å². The second-order valence-electron chi connectivity index (χ2n) is 4.42. The zero-order chi connectivity index (χ0) is 11.3. The van der Waals surface area contributed by atoms with Crippen LogP contribution in [0.5, 0.6) is 0 Å². The summed E-state index contributed by atoms with van der Waals surface area (Å²) in [5.41, 5.74) is 2.65. The number of aryl methyl sites for hydroxylation is 1. The molecule has 0 N–H and O–H groups in total. The number of aldehydes is 1. The van der Waals surface area contributed by atoms with E-state index in [2.05, 4.69) is 11.5 Å². The van der Waals surface area contributed by atoms with Gasteiger partial charge >= 0.3 is 0 Å². The Bertz CT molecular complexity index is 585. The average Bonchev–Trinajstić information content (AvgIpc) is 2.78. The molecular weight excluding hydrogens is 205 g/mol. The molecule has 0 amide bonds. The van der Waals surface area contributed by atoms with Crippen LogP contribution in [0.3, 0.4) is 0 Å². The number of rotatable bonds is 1. The Morgan fingerprint density at radius 3 is 3.06 bits per heavy atom. The lowest BCUT2D eigenvalue weighted by Crippen LogP contribution is -1.93. The van der Waals surface area contributed by atoms with Gasteiger partial charge in [0.25, 0.3) is 0 Å². The normalized spacial score (nSPS) is 19.0. The second-order valence-corrected chi connectivity index (χ2v) is 4.42. The summed E-state index contributed by atoms with van der Waals surface area (Å²) in [7, 11) is 0. The summed E-state index contributed by atoms with van der Waals surface area (Å²) in [5, 5.41) is 0.873. The van der Waals surface area contributed by atoms with Gasteiger partial charge < -0.3 is 4.57 Å². The van der Waals surface area contributed by atoms with Crippen molar-refractivity contribution >= 4 is 17.2 Å².